The summed E-state index contributed by atoms with van der Waals surface area (Å²) in [5.74, 6) is 0.966. The summed E-state index contributed by atoms with van der Waals surface area (Å²) in [4.78, 5) is 10.3. The van der Waals surface area contributed by atoms with Gasteiger partial charge in [0.05, 0.1) is 18.9 Å². The molecule has 0 spiro atoms. The third-order valence-corrected chi connectivity index (χ3v) is 4.26. The van der Waals surface area contributed by atoms with E-state index in [0.29, 0.717) is 6.04 Å². The summed E-state index contributed by atoms with van der Waals surface area (Å²) in [6.07, 6.45) is 0. The van der Waals surface area contributed by atoms with Crippen molar-refractivity contribution in [3.05, 3.63) is 41.3 Å². The molecule has 1 N–H and O–H groups in total. The number of H-pyrrole nitrogens is 1. The number of benzene rings is 1. The minimum absolute atomic E-state index is 0.435. The zero-order chi connectivity index (χ0) is 14.8. The number of aromatic nitrogens is 2. The van der Waals surface area contributed by atoms with Crippen molar-refractivity contribution >= 4 is 0 Å². The molecule has 1 aliphatic rings. The van der Waals surface area contributed by atoms with Crippen LogP contribution in [0.2, 0.25) is 0 Å². The molecule has 1 fully saturated rings. The van der Waals surface area contributed by atoms with Gasteiger partial charge in [-0.3, -0.25) is 4.90 Å². The fourth-order valence-corrected chi connectivity index (χ4v) is 2.99. The summed E-state index contributed by atoms with van der Waals surface area (Å²) in [5.41, 5.74) is 4.71. The fourth-order valence-electron chi connectivity index (χ4n) is 2.99. The van der Waals surface area contributed by atoms with E-state index in [1.54, 1.807) is 0 Å². The maximum Gasteiger partial charge on any atom is 0.103 e. The lowest BCUT2D eigenvalue weighted by molar-refractivity contribution is 0.0198. The number of imidazole rings is 1. The van der Waals surface area contributed by atoms with Gasteiger partial charge in [-0.15, -0.1) is 0 Å². The van der Waals surface area contributed by atoms with Gasteiger partial charge in [0.1, 0.15) is 5.82 Å². The lowest BCUT2D eigenvalue weighted by Gasteiger charge is -2.32. The molecule has 1 aliphatic heterocycles. The number of aryl methyl sites for hydroxylation is 2. The predicted molar refractivity (Wildman–Crippen MR) is 84.3 cm³/mol. The molecule has 1 unspecified atom stereocenters. The molecule has 0 bridgehead atoms. The summed E-state index contributed by atoms with van der Waals surface area (Å²) in [6.45, 7) is 10.0. The standard InChI is InChI=1S/C17H23N3O/c1-12-17(19-14(3)18-12)16-6-4-15(5-7-16)13(2)20-8-10-21-11-9-20/h4-7,13H,8-11H2,1-3H3,(H,18,19). The van der Waals surface area contributed by atoms with Crippen molar-refractivity contribution in [1.82, 2.24) is 14.9 Å². The first kappa shape index (κ1) is 14.3. The number of ether oxygens (including phenoxy) is 1. The van der Waals surface area contributed by atoms with E-state index in [9.17, 15) is 0 Å². The second kappa shape index (κ2) is 6.00. The number of nitrogens with zero attached hydrogens (tertiary/aromatic N) is 2. The molecule has 4 heteroatoms. The van der Waals surface area contributed by atoms with E-state index < -0.39 is 0 Å². The quantitative estimate of drug-likeness (QED) is 0.942. The second-order valence-electron chi connectivity index (χ2n) is 5.74. The van der Waals surface area contributed by atoms with E-state index in [0.717, 1.165) is 43.5 Å². The van der Waals surface area contributed by atoms with E-state index in [-0.39, 0.29) is 0 Å². The van der Waals surface area contributed by atoms with Gasteiger partial charge in [-0.25, -0.2) is 4.98 Å². The van der Waals surface area contributed by atoms with Crippen molar-refractivity contribution in [1.29, 1.82) is 0 Å². The number of nitrogens with one attached hydrogen (secondary N) is 1. The van der Waals surface area contributed by atoms with E-state index in [4.69, 9.17) is 4.74 Å². The zero-order valence-corrected chi connectivity index (χ0v) is 13.0. The smallest absolute Gasteiger partial charge is 0.103 e. The van der Waals surface area contributed by atoms with Crippen molar-refractivity contribution in [2.75, 3.05) is 26.3 Å². The highest BCUT2D eigenvalue weighted by Crippen LogP contribution is 2.26. The summed E-state index contributed by atoms with van der Waals surface area (Å²) in [5, 5.41) is 0. The first-order valence-electron chi connectivity index (χ1n) is 7.60. The molecule has 21 heavy (non-hydrogen) atoms. The number of morpholine rings is 1. The molecule has 2 heterocycles. The molecule has 1 saturated heterocycles. The Morgan fingerprint density at radius 2 is 1.81 bits per heavy atom. The predicted octanol–water partition coefficient (Wildman–Crippen LogP) is 3.09. The van der Waals surface area contributed by atoms with E-state index in [1.165, 1.54) is 11.1 Å². The minimum atomic E-state index is 0.435. The summed E-state index contributed by atoms with van der Waals surface area (Å²) in [6, 6.07) is 9.23. The van der Waals surface area contributed by atoms with Crippen molar-refractivity contribution in [2.24, 2.45) is 0 Å². The maximum absolute atomic E-state index is 5.42. The number of aromatic amines is 1. The van der Waals surface area contributed by atoms with Gasteiger partial charge in [-0.05, 0) is 26.3 Å². The normalized spacial score (nSPS) is 17.9. The average Bonchev–Trinajstić information content (AvgIpc) is 2.86. The highest BCUT2D eigenvalue weighted by atomic mass is 16.5. The molecule has 1 atom stereocenters. The molecule has 0 radical (unpaired) electrons. The van der Waals surface area contributed by atoms with Crippen LogP contribution in [0.25, 0.3) is 11.3 Å². The molecule has 0 aliphatic carbocycles. The Morgan fingerprint density at radius 3 is 2.38 bits per heavy atom. The molecule has 2 aromatic rings. The average molecular weight is 285 g/mol. The first-order valence-corrected chi connectivity index (χ1v) is 7.60. The van der Waals surface area contributed by atoms with Crippen LogP contribution in [0.4, 0.5) is 0 Å². The van der Waals surface area contributed by atoms with Gasteiger partial charge in [-0.1, -0.05) is 24.3 Å². The Bertz CT molecular complexity index is 597. The highest BCUT2D eigenvalue weighted by molar-refractivity contribution is 5.62. The largest absolute Gasteiger partial charge is 0.379 e. The van der Waals surface area contributed by atoms with Gasteiger partial charge in [-0.2, -0.15) is 0 Å². The van der Waals surface area contributed by atoms with Crippen molar-refractivity contribution in [3.8, 4) is 11.3 Å². The van der Waals surface area contributed by atoms with E-state index in [2.05, 4.69) is 53.0 Å². The van der Waals surface area contributed by atoms with E-state index in [1.807, 2.05) is 6.92 Å². The van der Waals surface area contributed by atoms with Crippen LogP contribution < -0.4 is 0 Å². The van der Waals surface area contributed by atoms with Gasteiger partial charge in [0.15, 0.2) is 0 Å². The van der Waals surface area contributed by atoms with Gasteiger partial charge in [0, 0.05) is 30.4 Å². The van der Waals surface area contributed by atoms with Gasteiger partial charge in [0.2, 0.25) is 0 Å². The van der Waals surface area contributed by atoms with Crippen molar-refractivity contribution in [3.63, 3.8) is 0 Å². The van der Waals surface area contributed by atoms with Crippen LogP contribution in [0.1, 0.15) is 30.0 Å². The Morgan fingerprint density at radius 1 is 1.14 bits per heavy atom. The molecular formula is C17H23N3O. The summed E-state index contributed by atoms with van der Waals surface area (Å²) < 4.78 is 5.42. The van der Waals surface area contributed by atoms with Crippen molar-refractivity contribution < 1.29 is 4.74 Å². The topological polar surface area (TPSA) is 41.2 Å². The first-order chi connectivity index (χ1) is 10.1. The zero-order valence-electron chi connectivity index (χ0n) is 13.0. The Hall–Kier alpha value is -1.65. The molecule has 0 saturated carbocycles. The van der Waals surface area contributed by atoms with Crippen LogP contribution >= 0.6 is 0 Å². The molecule has 112 valence electrons. The van der Waals surface area contributed by atoms with Crippen LogP contribution in [0, 0.1) is 13.8 Å². The maximum atomic E-state index is 5.42. The van der Waals surface area contributed by atoms with Crippen LogP contribution in [0.3, 0.4) is 0 Å². The Balaban J connectivity index is 1.78. The van der Waals surface area contributed by atoms with Crippen LogP contribution in [-0.4, -0.2) is 41.2 Å². The number of hydrogen-bond donors (Lipinski definition) is 1. The number of hydrogen-bond acceptors (Lipinski definition) is 3. The summed E-state index contributed by atoms with van der Waals surface area (Å²) in [7, 11) is 0. The van der Waals surface area contributed by atoms with Crippen molar-refractivity contribution in [2.45, 2.75) is 26.8 Å². The SMILES string of the molecule is Cc1nc(-c2ccc(C(C)N3CCOCC3)cc2)c(C)[nH]1. The monoisotopic (exact) mass is 285 g/mol. The lowest BCUT2D eigenvalue weighted by atomic mass is 10.0. The highest BCUT2D eigenvalue weighted by Gasteiger charge is 2.18. The van der Waals surface area contributed by atoms with E-state index >= 15 is 0 Å². The molecule has 3 rings (SSSR count). The lowest BCUT2D eigenvalue weighted by Crippen LogP contribution is -2.37. The van der Waals surface area contributed by atoms with Gasteiger partial charge < -0.3 is 9.72 Å². The second-order valence-corrected chi connectivity index (χ2v) is 5.74. The van der Waals surface area contributed by atoms with Crippen LogP contribution in [-0.2, 0) is 4.74 Å². The summed E-state index contributed by atoms with van der Waals surface area (Å²) >= 11 is 0. The Labute approximate surface area is 126 Å². The molecule has 1 aromatic carbocycles. The fraction of sp³-hybridized carbons (Fsp3) is 0.471. The molecular weight excluding hydrogens is 262 g/mol. The minimum Gasteiger partial charge on any atom is -0.379 e. The number of rotatable bonds is 3. The van der Waals surface area contributed by atoms with Crippen LogP contribution in [0.5, 0.6) is 0 Å². The Kier molecular flexibility index (Phi) is 4.08. The molecule has 1 aromatic heterocycles. The third kappa shape index (κ3) is 3.01. The van der Waals surface area contributed by atoms with Gasteiger partial charge in [0.25, 0.3) is 0 Å². The van der Waals surface area contributed by atoms with Gasteiger partial charge >= 0.3 is 0 Å². The third-order valence-electron chi connectivity index (χ3n) is 4.26. The van der Waals surface area contributed by atoms with Crippen LogP contribution in [0.15, 0.2) is 24.3 Å². The molecule has 4 nitrogen and oxygen atoms in total. The molecule has 0 amide bonds.